The highest BCUT2D eigenvalue weighted by atomic mass is 32.2. The number of hydrogen-bond acceptors (Lipinski definition) is 11. The minimum atomic E-state index is -4.57. The zero-order chi connectivity index (χ0) is 45.0. The number of rotatable bonds is 17. The molecule has 61 heavy (non-hydrogen) atoms. The molecule has 0 aromatic heterocycles. The number of ketones is 4. The van der Waals surface area contributed by atoms with Gasteiger partial charge in [-0.05, 0) is 81.5 Å². The quantitative estimate of drug-likeness (QED) is 0.0411. The third-order valence-corrected chi connectivity index (χ3v) is 13.7. The summed E-state index contributed by atoms with van der Waals surface area (Å²) in [6.45, 7) is 7.76. The average molecular weight is 880 g/mol. The molecule has 0 saturated heterocycles. The maximum absolute atomic E-state index is 13.6. The van der Waals surface area contributed by atoms with E-state index >= 15 is 0 Å². The van der Waals surface area contributed by atoms with Gasteiger partial charge in [0.05, 0.1) is 26.4 Å². The number of carboxylic acids is 2. The van der Waals surface area contributed by atoms with E-state index in [1.165, 1.54) is 48.6 Å². The molecule has 2 heterocycles. The van der Waals surface area contributed by atoms with Gasteiger partial charge in [0.1, 0.15) is 18.4 Å². The molecule has 4 N–H and O–H groups in total. The van der Waals surface area contributed by atoms with Gasteiger partial charge in [0.15, 0.2) is 28.8 Å². The van der Waals surface area contributed by atoms with Crippen LogP contribution in [0.15, 0.2) is 81.3 Å². The van der Waals surface area contributed by atoms with Gasteiger partial charge in [-0.15, -0.1) is 0 Å². The zero-order valence-electron chi connectivity index (χ0n) is 34.0. The van der Waals surface area contributed by atoms with Crippen molar-refractivity contribution < 1.29 is 69.5 Å². The number of nitrogens with zero attached hydrogens (tertiary/aromatic N) is 2. The van der Waals surface area contributed by atoms with Gasteiger partial charge >= 0.3 is 11.9 Å². The molecule has 2 aromatic carbocycles. The second-order valence-electron chi connectivity index (χ2n) is 16.8. The monoisotopic (exact) mass is 879 g/mol. The topological polar surface area (TPSA) is 258 Å². The Bertz CT molecular complexity index is 2610. The van der Waals surface area contributed by atoms with Crippen molar-refractivity contribution in [3.05, 3.63) is 82.6 Å². The first-order valence-electron chi connectivity index (χ1n) is 19.8. The van der Waals surface area contributed by atoms with E-state index in [2.05, 4.69) is 0 Å². The summed E-state index contributed by atoms with van der Waals surface area (Å²) in [6.07, 6.45) is 6.92. The standard InChI is InChI=1S/C43H46N2O14S2/c1-42(2)30-19-24(60(54,55)56)13-15-32(30)44(17-9-5-7-11-36(46)47)34(42)22-28-38(50)26(39(28)51)21-27-40(52)29(41(27)53)23-35-43(3,4)31-20-25(61(57,58)59)14-16-33(31)45(35)18-10-6-8-12-37(48)49/h13-16,19-23,26,29H,5-12,17-18H2,1-4H3,(H3-,46,47,48,49,54,55,56,57,58,59)/p+1/b27-21?,28-22?,35-23-. The highest BCUT2D eigenvalue weighted by molar-refractivity contribution is 7.86. The number of Topliss-reactive ketones (excluding diaryl/α,β-unsaturated/α-hetero) is 4. The predicted molar refractivity (Wildman–Crippen MR) is 219 cm³/mol. The highest BCUT2D eigenvalue weighted by Gasteiger charge is 2.52. The van der Waals surface area contributed by atoms with Crippen molar-refractivity contribution in [2.24, 2.45) is 11.8 Å². The van der Waals surface area contributed by atoms with Gasteiger partial charge in [0.2, 0.25) is 5.69 Å². The minimum Gasteiger partial charge on any atom is -0.481 e. The fourth-order valence-corrected chi connectivity index (χ4v) is 9.60. The SMILES string of the molecule is CC1(C)C(C=C2C(=O)C(C=C3C(=O)C(/C=C4\N(CCCCCC(=O)O)c5ccc(S(=O)(=O)O)cc5C4(C)C)C3=O)C2=O)=[N+](CCCCCC(=O)O)c2ccc(S(=O)(=O)O)cc21. The van der Waals surface area contributed by atoms with Crippen molar-refractivity contribution >= 4 is 72.4 Å². The Morgan fingerprint density at radius 2 is 1.18 bits per heavy atom. The van der Waals surface area contributed by atoms with Crippen LogP contribution in [0.1, 0.15) is 90.2 Å². The lowest BCUT2D eigenvalue weighted by molar-refractivity contribution is -0.438. The number of aliphatic carboxylic acids is 2. The van der Waals surface area contributed by atoms with Crippen LogP contribution in [0.2, 0.25) is 0 Å². The molecule has 2 saturated carbocycles. The molecule has 18 heteroatoms. The summed E-state index contributed by atoms with van der Waals surface area (Å²) in [4.78, 5) is 77.7. The molecule has 0 radical (unpaired) electrons. The molecule has 324 valence electrons. The Labute approximate surface area is 352 Å². The lowest BCUT2D eigenvalue weighted by Crippen LogP contribution is -2.45. The molecule has 2 aliphatic carbocycles. The van der Waals surface area contributed by atoms with Gasteiger partial charge in [0, 0.05) is 60.3 Å². The summed E-state index contributed by atoms with van der Waals surface area (Å²) in [5.41, 5.74) is 0.757. The third-order valence-electron chi connectivity index (χ3n) is 12.0. The summed E-state index contributed by atoms with van der Waals surface area (Å²) in [6, 6.07) is 8.19. The van der Waals surface area contributed by atoms with Crippen molar-refractivity contribution in [2.75, 3.05) is 18.0 Å². The summed E-state index contributed by atoms with van der Waals surface area (Å²) >= 11 is 0. The lowest BCUT2D eigenvalue weighted by atomic mass is 9.69. The van der Waals surface area contributed by atoms with Gasteiger partial charge in [-0.25, -0.2) is 0 Å². The first-order chi connectivity index (χ1) is 28.4. The van der Waals surface area contributed by atoms with Crippen LogP contribution < -0.4 is 4.90 Å². The second-order valence-corrected chi connectivity index (χ2v) is 19.6. The smallest absolute Gasteiger partial charge is 0.303 e. The van der Waals surface area contributed by atoms with E-state index in [4.69, 9.17) is 10.2 Å². The summed E-state index contributed by atoms with van der Waals surface area (Å²) in [5.74, 6) is -7.03. The maximum Gasteiger partial charge on any atom is 0.303 e. The van der Waals surface area contributed by atoms with Crippen LogP contribution >= 0.6 is 0 Å². The zero-order valence-corrected chi connectivity index (χ0v) is 35.6. The number of fused-ring (bicyclic) bond motifs is 2. The Morgan fingerprint density at radius 1 is 0.672 bits per heavy atom. The number of unbranched alkanes of at least 4 members (excludes halogenated alkanes) is 4. The Morgan fingerprint density at radius 3 is 1.74 bits per heavy atom. The first-order valence-corrected chi connectivity index (χ1v) is 22.7. The summed E-state index contributed by atoms with van der Waals surface area (Å²) in [7, 11) is -9.13. The molecule has 6 rings (SSSR count). The number of anilines is 1. The molecule has 0 bridgehead atoms. The van der Waals surface area contributed by atoms with Gasteiger partial charge in [-0.1, -0.05) is 26.3 Å². The van der Waals surface area contributed by atoms with E-state index in [0.717, 1.165) is 6.08 Å². The van der Waals surface area contributed by atoms with E-state index in [1.807, 2.05) is 9.48 Å². The van der Waals surface area contributed by atoms with Crippen LogP contribution in [-0.4, -0.2) is 94.6 Å². The van der Waals surface area contributed by atoms with Crippen LogP contribution in [0.25, 0.3) is 0 Å². The van der Waals surface area contributed by atoms with Crippen LogP contribution in [0.5, 0.6) is 0 Å². The average Bonchev–Trinajstić information content (AvgIpc) is 3.51. The van der Waals surface area contributed by atoms with Gasteiger partial charge in [-0.2, -0.15) is 21.4 Å². The summed E-state index contributed by atoms with van der Waals surface area (Å²) in [5, 5.41) is 18.1. The predicted octanol–water partition coefficient (Wildman–Crippen LogP) is 4.92. The number of hydrogen-bond donors (Lipinski definition) is 4. The third kappa shape index (κ3) is 8.58. The Hall–Kier alpha value is -5.43. The highest BCUT2D eigenvalue weighted by Crippen LogP contribution is 2.50. The fourth-order valence-electron chi connectivity index (χ4n) is 8.58. The van der Waals surface area contributed by atoms with Crippen molar-refractivity contribution in [3.63, 3.8) is 0 Å². The lowest BCUT2D eigenvalue weighted by Gasteiger charge is -2.32. The van der Waals surface area contributed by atoms with Crippen LogP contribution in [0.4, 0.5) is 11.4 Å². The molecule has 0 amide bonds. The van der Waals surface area contributed by atoms with E-state index in [1.54, 1.807) is 27.7 Å². The molecule has 16 nitrogen and oxygen atoms in total. The minimum absolute atomic E-state index is 0.0197. The molecule has 2 fully saturated rings. The first kappa shape index (κ1) is 45.1. The molecular weight excluding hydrogens is 833 g/mol. The molecular formula is C43H47N2O14S2+. The molecule has 0 unspecified atom stereocenters. The van der Waals surface area contributed by atoms with Gasteiger partial charge in [0.25, 0.3) is 20.2 Å². The van der Waals surface area contributed by atoms with Crippen molar-refractivity contribution in [2.45, 2.75) is 99.7 Å². The Kier molecular flexibility index (Phi) is 12.2. The number of carbonyl (C=O) groups excluding carboxylic acids is 4. The van der Waals surface area contributed by atoms with Crippen LogP contribution in [0.3, 0.4) is 0 Å². The normalized spacial score (nSPS) is 21.1. The van der Waals surface area contributed by atoms with E-state index < -0.39 is 78.0 Å². The number of benzene rings is 2. The van der Waals surface area contributed by atoms with E-state index in [-0.39, 0.29) is 33.8 Å². The molecule has 0 atom stereocenters. The van der Waals surface area contributed by atoms with Crippen LogP contribution in [0, 0.1) is 11.8 Å². The van der Waals surface area contributed by atoms with Crippen molar-refractivity contribution in [3.8, 4) is 0 Å². The second kappa shape index (κ2) is 16.4. The van der Waals surface area contributed by atoms with Crippen molar-refractivity contribution in [1.29, 1.82) is 0 Å². The maximum atomic E-state index is 13.6. The van der Waals surface area contributed by atoms with Gasteiger partial charge in [-0.3, -0.25) is 37.9 Å². The molecule has 2 aromatic rings. The Balaban J connectivity index is 1.26. The van der Waals surface area contributed by atoms with Gasteiger partial charge < -0.3 is 15.1 Å². The van der Waals surface area contributed by atoms with Crippen molar-refractivity contribution in [1.82, 2.24) is 0 Å². The van der Waals surface area contributed by atoms with E-state index in [0.29, 0.717) is 85.5 Å². The summed E-state index contributed by atoms with van der Waals surface area (Å²) < 4.78 is 69.4. The number of carboxylic acid groups (broad SMARTS) is 2. The largest absolute Gasteiger partial charge is 0.481 e. The fraction of sp³-hybridized carbons (Fsp3) is 0.419. The molecule has 0 spiro atoms. The number of carbonyl (C=O) groups is 6. The molecule has 4 aliphatic rings. The molecule has 2 aliphatic heterocycles. The number of allylic oxidation sites excluding steroid dienone is 6. The van der Waals surface area contributed by atoms with E-state index in [9.17, 15) is 54.7 Å². The van der Waals surface area contributed by atoms with Crippen LogP contribution in [-0.2, 0) is 59.8 Å².